The molecule has 0 bridgehead atoms. The third-order valence-corrected chi connectivity index (χ3v) is 5.20. The molecule has 6 nitrogen and oxygen atoms in total. The van der Waals surface area contributed by atoms with Crippen LogP contribution >= 0.6 is 11.6 Å². The fourth-order valence-corrected chi connectivity index (χ4v) is 3.50. The summed E-state index contributed by atoms with van der Waals surface area (Å²) in [6.07, 6.45) is 2.41. The molecule has 4 rings (SSSR count). The van der Waals surface area contributed by atoms with Gasteiger partial charge in [0.25, 0.3) is 17.4 Å². The smallest absolute Gasteiger partial charge is 0.278 e. The quantitative estimate of drug-likeness (QED) is 0.791. The van der Waals surface area contributed by atoms with Gasteiger partial charge in [0.05, 0.1) is 5.69 Å². The van der Waals surface area contributed by atoms with Crippen molar-refractivity contribution in [3.63, 3.8) is 0 Å². The third-order valence-electron chi connectivity index (χ3n) is 4.97. The highest BCUT2D eigenvalue weighted by Crippen LogP contribution is 2.36. The van der Waals surface area contributed by atoms with Crippen molar-refractivity contribution in [2.24, 2.45) is 0 Å². The molecule has 1 unspecified atom stereocenters. The summed E-state index contributed by atoms with van der Waals surface area (Å²) < 4.78 is 5.73. The number of rotatable bonds is 3. The fourth-order valence-electron chi connectivity index (χ4n) is 3.33. The van der Waals surface area contributed by atoms with E-state index in [1.165, 1.54) is 19.8 Å². The van der Waals surface area contributed by atoms with E-state index in [1.807, 2.05) is 24.3 Å². The number of carbonyl (C=O) groups is 2. The number of nitrogens with zero attached hydrogens (tertiary/aromatic N) is 1. The first-order valence-electron chi connectivity index (χ1n) is 8.92. The standard InChI is InChI=1S/C20H20ClN3O3/c1-20(19(26)23-16-12-13(21)4-9-17(16)27-20)18(25)22-14-5-7-15(8-6-14)24-10-2-3-11-24/h4-9,12H,2-3,10-11H2,1H3,(H,22,25)(H,23,26). The summed E-state index contributed by atoms with van der Waals surface area (Å²) in [5.74, 6) is -0.668. The molecule has 2 aromatic carbocycles. The number of anilines is 3. The molecule has 2 heterocycles. The summed E-state index contributed by atoms with van der Waals surface area (Å²) in [6, 6.07) is 12.5. The Labute approximate surface area is 162 Å². The van der Waals surface area contributed by atoms with Crippen LogP contribution in [0.4, 0.5) is 17.1 Å². The highest BCUT2D eigenvalue weighted by atomic mass is 35.5. The first-order valence-corrected chi connectivity index (χ1v) is 9.30. The summed E-state index contributed by atoms with van der Waals surface area (Å²) in [5.41, 5.74) is 0.526. The van der Waals surface area contributed by atoms with Gasteiger partial charge in [-0.25, -0.2) is 0 Å². The van der Waals surface area contributed by atoms with Crippen LogP contribution in [0, 0.1) is 0 Å². The van der Waals surface area contributed by atoms with Gasteiger partial charge in [0.2, 0.25) is 0 Å². The van der Waals surface area contributed by atoms with Gasteiger partial charge in [-0.15, -0.1) is 0 Å². The largest absolute Gasteiger partial charge is 0.466 e. The maximum atomic E-state index is 12.8. The number of ether oxygens (including phenoxy) is 1. The molecule has 0 saturated carbocycles. The minimum Gasteiger partial charge on any atom is -0.466 e. The second kappa shape index (κ2) is 6.78. The van der Waals surface area contributed by atoms with Crippen molar-refractivity contribution in [1.29, 1.82) is 0 Å². The molecule has 1 saturated heterocycles. The molecular formula is C20H20ClN3O3. The van der Waals surface area contributed by atoms with Gasteiger partial charge in [0.1, 0.15) is 5.75 Å². The van der Waals surface area contributed by atoms with E-state index in [1.54, 1.807) is 18.2 Å². The van der Waals surface area contributed by atoms with Gasteiger partial charge < -0.3 is 20.3 Å². The molecule has 0 radical (unpaired) electrons. The predicted molar refractivity (Wildman–Crippen MR) is 106 cm³/mol. The monoisotopic (exact) mass is 385 g/mol. The van der Waals surface area contributed by atoms with Crippen LogP contribution < -0.4 is 20.3 Å². The van der Waals surface area contributed by atoms with Crippen LogP contribution in [0.25, 0.3) is 0 Å². The van der Waals surface area contributed by atoms with Gasteiger partial charge in [0, 0.05) is 29.5 Å². The predicted octanol–water partition coefficient (Wildman–Crippen LogP) is 3.67. The van der Waals surface area contributed by atoms with Gasteiger partial charge in [0.15, 0.2) is 0 Å². The number of benzene rings is 2. The van der Waals surface area contributed by atoms with Crippen LogP contribution in [0.15, 0.2) is 42.5 Å². The fraction of sp³-hybridized carbons (Fsp3) is 0.300. The number of hydrogen-bond donors (Lipinski definition) is 2. The lowest BCUT2D eigenvalue weighted by Crippen LogP contribution is -2.56. The van der Waals surface area contributed by atoms with E-state index in [0.29, 0.717) is 22.1 Å². The van der Waals surface area contributed by atoms with Gasteiger partial charge in [-0.3, -0.25) is 9.59 Å². The van der Waals surface area contributed by atoms with Crippen molar-refractivity contribution in [2.45, 2.75) is 25.4 Å². The molecule has 140 valence electrons. The zero-order valence-electron chi connectivity index (χ0n) is 14.9. The summed E-state index contributed by atoms with van der Waals surface area (Å²) in [5, 5.41) is 5.94. The van der Waals surface area contributed by atoms with Crippen LogP contribution in [0.3, 0.4) is 0 Å². The van der Waals surface area contributed by atoms with Crippen LogP contribution in [0.2, 0.25) is 5.02 Å². The van der Waals surface area contributed by atoms with E-state index in [2.05, 4.69) is 15.5 Å². The molecule has 0 spiro atoms. The average Bonchev–Trinajstić information content (AvgIpc) is 3.18. The van der Waals surface area contributed by atoms with Gasteiger partial charge >= 0.3 is 0 Å². The topological polar surface area (TPSA) is 70.7 Å². The maximum Gasteiger partial charge on any atom is 0.278 e. The Kier molecular flexibility index (Phi) is 4.44. The van der Waals surface area contributed by atoms with E-state index < -0.39 is 17.4 Å². The van der Waals surface area contributed by atoms with E-state index >= 15 is 0 Å². The highest BCUT2D eigenvalue weighted by molar-refractivity contribution is 6.31. The number of nitrogens with one attached hydrogen (secondary N) is 2. The molecular weight excluding hydrogens is 366 g/mol. The molecule has 1 fully saturated rings. The lowest BCUT2D eigenvalue weighted by molar-refractivity contribution is -0.143. The van der Waals surface area contributed by atoms with Crippen molar-refractivity contribution in [3.8, 4) is 5.75 Å². The summed E-state index contributed by atoms with van der Waals surface area (Å²) in [7, 11) is 0. The van der Waals surface area contributed by atoms with Crippen molar-refractivity contribution >= 4 is 40.5 Å². The summed E-state index contributed by atoms with van der Waals surface area (Å²) in [6.45, 7) is 3.57. The first kappa shape index (κ1) is 17.7. The highest BCUT2D eigenvalue weighted by Gasteiger charge is 2.47. The van der Waals surface area contributed by atoms with E-state index in [-0.39, 0.29) is 0 Å². The summed E-state index contributed by atoms with van der Waals surface area (Å²) >= 11 is 5.94. The molecule has 2 N–H and O–H groups in total. The second-order valence-corrected chi connectivity index (χ2v) is 7.36. The minimum atomic E-state index is -1.67. The van der Waals surface area contributed by atoms with Crippen LogP contribution in [-0.2, 0) is 9.59 Å². The number of amides is 2. The first-order chi connectivity index (χ1) is 13.0. The SMILES string of the molecule is CC1(C(=O)Nc2ccc(N3CCCC3)cc2)Oc2ccc(Cl)cc2NC1=O. The third kappa shape index (κ3) is 3.32. The van der Waals surface area contributed by atoms with Crippen molar-refractivity contribution in [3.05, 3.63) is 47.5 Å². The number of fused-ring (bicyclic) bond motifs is 1. The van der Waals surface area contributed by atoms with Crippen molar-refractivity contribution in [1.82, 2.24) is 0 Å². The van der Waals surface area contributed by atoms with Crippen LogP contribution in [0.5, 0.6) is 5.75 Å². The number of hydrogen-bond acceptors (Lipinski definition) is 4. The van der Waals surface area contributed by atoms with E-state index in [0.717, 1.165) is 18.8 Å². The maximum absolute atomic E-state index is 12.8. The molecule has 2 amide bonds. The molecule has 27 heavy (non-hydrogen) atoms. The molecule has 7 heteroatoms. The molecule has 2 aromatic rings. The Morgan fingerprint density at radius 2 is 1.89 bits per heavy atom. The average molecular weight is 386 g/mol. The van der Waals surface area contributed by atoms with Gasteiger partial charge in [-0.1, -0.05) is 11.6 Å². The minimum absolute atomic E-state index is 0.404. The zero-order chi connectivity index (χ0) is 19.0. The Morgan fingerprint density at radius 3 is 2.59 bits per heavy atom. The molecule has 0 aliphatic carbocycles. The Bertz CT molecular complexity index is 894. The Balaban J connectivity index is 1.50. The molecule has 2 aliphatic rings. The van der Waals surface area contributed by atoms with E-state index in [9.17, 15) is 9.59 Å². The summed E-state index contributed by atoms with van der Waals surface area (Å²) in [4.78, 5) is 27.6. The lowest BCUT2D eigenvalue weighted by Gasteiger charge is -2.33. The Morgan fingerprint density at radius 1 is 1.19 bits per heavy atom. The second-order valence-electron chi connectivity index (χ2n) is 6.93. The Hall–Kier alpha value is -2.73. The lowest BCUT2D eigenvalue weighted by atomic mass is 10.0. The van der Waals surface area contributed by atoms with Crippen molar-refractivity contribution in [2.75, 3.05) is 28.6 Å². The molecule has 1 atom stereocenters. The van der Waals surface area contributed by atoms with Crippen LogP contribution in [0.1, 0.15) is 19.8 Å². The molecule has 2 aliphatic heterocycles. The van der Waals surface area contributed by atoms with E-state index in [4.69, 9.17) is 16.3 Å². The zero-order valence-corrected chi connectivity index (χ0v) is 15.7. The number of carbonyl (C=O) groups excluding carboxylic acids is 2. The van der Waals surface area contributed by atoms with Gasteiger partial charge in [-0.05, 0) is 62.2 Å². The van der Waals surface area contributed by atoms with Crippen LogP contribution in [-0.4, -0.2) is 30.5 Å². The van der Waals surface area contributed by atoms with Crippen molar-refractivity contribution < 1.29 is 14.3 Å². The van der Waals surface area contributed by atoms with Gasteiger partial charge in [-0.2, -0.15) is 0 Å². The molecule has 0 aromatic heterocycles. The number of halogens is 1. The normalized spacial score (nSPS) is 21.3.